The summed E-state index contributed by atoms with van der Waals surface area (Å²) in [4.78, 5) is 4.85. The second kappa shape index (κ2) is 5.28. The van der Waals surface area contributed by atoms with Crippen LogP contribution >= 0.6 is 0 Å². The Kier molecular flexibility index (Phi) is 3.23. The second-order valence-corrected chi connectivity index (χ2v) is 5.91. The van der Waals surface area contributed by atoms with Crippen LogP contribution in [0.25, 0.3) is 16.9 Å². The Morgan fingerprint density at radius 2 is 2.04 bits per heavy atom. The average Bonchev–Trinajstić information content (AvgIpc) is 3.18. The molecule has 0 fully saturated rings. The molecule has 1 atom stereocenters. The fourth-order valence-corrected chi connectivity index (χ4v) is 3.10. The summed E-state index contributed by atoms with van der Waals surface area (Å²) in [6, 6.07) is 12.1. The van der Waals surface area contributed by atoms with Crippen LogP contribution in [0.4, 0.5) is 0 Å². The van der Waals surface area contributed by atoms with Crippen molar-refractivity contribution in [2.24, 2.45) is 5.73 Å². The van der Waals surface area contributed by atoms with E-state index >= 15 is 0 Å². The quantitative estimate of drug-likeness (QED) is 0.807. The fraction of sp³-hybridized carbons (Fsp3) is 0.278. The Bertz CT molecular complexity index is 885. The number of rotatable bonds is 3. The van der Waals surface area contributed by atoms with Crippen molar-refractivity contribution in [1.82, 2.24) is 9.38 Å². The monoisotopic (exact) mass is 309 g/mol. The molecule has 0 amide bonds. The van der Waals surface area contributed by atoms with Gasteiger partial charge < -0.3 is 19.6 Å². The van der Waals surface area contributed by atoms with Crippen LogP contribution in [0.3, 0.4) is 0 Å². The van der Waals surface area contributed by atoms with Gasteiger partial charge in [0.05, 0.1) is 11.4 Å². The normalized spacial score (nSPS) is 14.4. The van der Waals surface area contributed by atoms with Gasteiger partial charge in [-0.25, -0.2) is 4.98 Å². The van der Waals surface area contributed by atoms with Crippen molar-refractivity contribution in [3.8, 4) is 22.8 Å². The Hall–Kier alpha value is -2.53. The van der Waals surface area contributed by atoms with E-state index < -0.39 is 0 Å². The molecule has 4 rings (SSSR count). The second-order valence-electron chi connectivity index (χ2n) is 5.91. The minimum absolute atomic E-state index is 0.200. The van der Waals surface area contributed by atoms with Gasteiger partial charge in [0.1, 0.15) is 5.65 Å². The Balaban J connectivity index is 1.97. The van der Waals surface area contributed by atoms with E-state index in [4.69, 9.17) is 20.2 Å². The molecule has 1 aliphatic heterocycles. The van der Waals surface area contributed by atoms with Crippen molar-refractivity contribution < 1.29 is 9.47 Å². The number of benzene rings is 1. The van der Waals surface area contributed by atoms with E-state index in [-0.39, 0.29) is 12.7 Å². The van der Waals surface area contributed by atoms with Crippen molar-refractivity contribution in [1.29, 1.82) is 0 Å². The molecule has 0 saturated carbocycles. The Morgan fingerprint density at radius 3 is 2.87 bits per heavy atom. The van der Waals surface area contributed by atoms with Crippen LogP contribution in [0, 0.1) is 6.92 Å². The maximum absolute atomic E-state index is 5.96. The number of aryl methyl sites for hydroxylation is 1. The van der Waals surface area contributed by atoms with E-state index in [2.05, 4.69) is 24.3 Å². The fourth-order valence-electron chi connectivity index (χ4n) is 3.10. The number of ether oxygens (including phenoxy) is 2. The number of fused-ring (bicyclic) bond motifs is 2. The highest BCUT2D eigenvalue weighted by molar-refractivity contribution is 5.70. The van der Waals surface area contributed by atoms with Gasteiger partial charge >= 0.3 is 0 Å². The highest BCUT2D eigenvalue weighted by atomic mass is 16.7. The molecule has 0 spiro atoms. The zero-order valence-corrected chi connectivity index (χ0v) is 13.2. The molecule has 2 aromatic heterocycles. The standard InChI is InChI=1S/C18H19N3O2/c1-11(9-19)18-17(20-16-5-3-4-12(2)21(16)18)13-6-7-14-15(8-13)23-10-22-14/h3-8,11H,9-10,19H2,1-2H3. The molecule has 3 heterocycles. The van der Waals surface area contributed by atoms with E-state index in [0.717, 1.165) is 39.8 Å². The van der Waals surface area contributed by atoms with Crippen LogP contribution in [0.1, 0.15) is 24.2 Å². The molecule has 23 heavy (non-hydrogen) atoms. The van der Waals surface area contributed by atoms with Crippen LogP contribution in [-0.2, 0) is 0 Å². The summed E-state index contributed by atoms with van der Waals surface area (Å²) in [5.41, 5.74) is 11.2. The van der Waals surface area contributed by atoms with Crippen molar-refractivity contribution in [2.45, 2.75) is 19.8 Å². The van der Waals surface area contributed by atoms with Gasteiger partial charge in [0, 0.05) is 23.7 Å². The predicted octanol–water partition coefficient (Wildman–Crippen LogP) is 3.10. The summed E-state index contributed by atoms with van der Waals surface area (Å²) in [6.45, 7) is 5.06. The first-order chi connectivity index (χ1) is 11.2. The third kappa shape index (κ3) is 2.16. The van der Waals surface area contributed by atoms with E-state index in [9.17, 15) is 0 Å². The van der Waals surface area contributed by atoms with Crippen molar-refractivity contribution in [3.05, 3.63) is 47.8 Å². The number of imidazole rings is 1. The van der Waals surface area contributed by atoms with E-state index in [1.807, 2.05) is 30.3 Å². The molecule has 1 aromatic carbocycles. The Labute approximate surface area is 134 Å². The zero-order valence-electron chi connectivity index (χ0n) is 13.2. The number of aromatic nitrogens is 2. The van der Waals surface area contributed by atoms with Gasteiger partial charge in [0.2, 0.25) is 6.79 Å². The van der Waals surface area contributed by atoms with Gasteiger partial charge in [-0.05, 0) is 37.3 Å². The molecule has 0 radical (unpaired) electrons. The molecule has 5 nitrogen and oxygen atoms in total. The van der Waals surface area contributed by atoms with E-state index in [1.54, 1.807) is 0 Å². The molecule has 0 saturated heterocycles. The molecule has 2 N–H and O–H groups in total. The number of hydrogen-bond donors (Lipinski definition) is 1. The number of pyridine rings is 1. The van der Waals surface area contributed by atoms with Crippen molar-refractivity contribution in [2.75, 3.05) is 13.3 Å². The van der Waals surface area contributed by atoms with Gasteiger partial charge in [-0.15, -0.1) is 0 Å². The van der Waals surface area contributed by atoms with Crippen LogP contribution in [0.15, 0.2) is 36.4 Å². The summed E-state index contributed by atoms with van der Waals surface area (Å²) < 4.78 is 13.1. The van der Waals surface area contributed by atoms with Gasteiger partial charge in [-0.3, -0.25) is 0 Å². The first-order valence-corrected chi connectivity index (χ1v) is 7.77. The van der Waals surface area contributed by atoms with E-state index in [1.165, 1.54) is 0 Å². The molecule has 1 aliphatic rings. The summed E-state index contributed by atoms with van der Waals surface area (Å²) >= 11 is 0. The minimum Gasteiger partial charge on any atom is -0.454 e. The first-order valence-electron chi connectivity index (χ1n) is 7.77. The summed E-state index contributed by atoms with van der Waals surface area (Å²) in [5, 5.41) is 0. The lowest BCUT2D eigenvalue weighted by atomic mass is 10.0. The van der Waals surface area contributed by atoms with Gasteiger partial charge in [0.15, 0.2) is 11.5 Å². The van der Waals surface area contributed by atoms with Crippen LogP contribution in [0.5, 0.6) is 11.5 Å². The van der Waals surface area contributed by atoms with Gasteiger partial charge in [-0.2, -0.15) is 0 Å². The molecule has 0 bridgehead atoms. The lowest BCUT2D eigenvalue weighted by Crippen LogP contribution is -2.12. The summed E-state index contributed by atoms with van der Waals surface area (Å²) in [6.07, 6.45) is 0. The molecule has 1 unspecified atom stereocenters. The number of hydrogen-bond acceptors (Lipinski definition) is 4. The summed E-state index contributed by atoms with van der Waals surface area (Å²) in [5.74, 6) is 1.75. The topological polar surface area (TPSA) is 61.8 Å². The largest absolute Gasteiger partial charge is 0.454 e. The third-order valence-electron chi connectivity index (χ3n) is 4.34. The Morgan fingerprint density at radius 1 is 1.22 bits per heavy atom. The molecule has 5 heteroatoms. The summed E-state index contributed by atoms with van der Waals surface area (Å²) in [7, 11) is 0. The van der Waals surface area contributed by atoms with Gasteiger partial charge in [-0.1, -0.05) is 13.0 Å². The molecule has 0 aliphatic carbocycles. The van der Waals surface area contributed by atoms with Crippen LogP contribution in [0.2, 0.25) is 0 Å². The number of nitrogens with zero attached hydrogens (tertiary/aromatic N) is 2. The predicted molar refractivity (Wildman–Crippen MR) is 89.0 cm³/mol. The minimum atomic E-state index is 0.200. The molecular weight excluding hydrogens is 290 g/mol. The first kappa shape index (κ1) is 14.1. The zero-order chi connectivity index (χ0) is 16.0. The third-order valence-corrected chi connectivity index (χ3v) is 4.34. The van der Waals surface area contributed by atoms with Crippen LogP contribution in [-0.4, -0.2) is 22.7 Å². The average molecular weight is 309 g/mol. The maximum Gasteiger partial charge on any atom is 0.231 e. The highest BCUT2D eigenvalue weighted by Gasteiger charge is 2.22. The van der Waals surface area contributed by atoms with Crippen molar-refractivity contribution >= 4 is 5.65 Å². The van der Waals surface area contributed by atoms with E-state index in [0.29, 0.717) is 6.54 Å². The van der Waals surface area contributed by atoms with Gasteiger partial charge in [0.25, 0.3) is 0 Å². The highest BCUT2D eigenvalue weighted by Crippen LogP contribution is 2.38. The molecule has 3 aromatic rings. The molecular formula is C18H19N3O2. The van der Waals surface area contributed by atoms with Crippen molar-refractivity contribution in [3.63, 3.8) is 0 Å². The lowest BCUT2D eigenvalue weighted by molar-refractivity contribution is 0.174. The smallest absolute Gasteiger partial charge is 0.231 e. The van der Waals surface area contributed by atoms with Crippen LogP contribution < -0.4 is 15.2 Å². The molecule has 118 valence electrons. The number of nitrogens with two attached hydrogens (primary N) is 1. The lowest BCUT2D eigenvalue weighted by Gasteiger charge is -2.13. The SMILES string of the molecule is Cc1cccc2nc(-c3ccc4c(c3)OCO4)c(C(C)CN)n12. The maximum atomic E-state index is 5.96.